The second kappa shape index (κ2) is 6.50. The number of aromatic nitrogens is 2. The standard InChI is InChI=1S/C16H21ClN4/c1-2-5-18-11-13-3-4-15(14(17)10-13)21-9-8-20-7-6-19-16(20)12-21/h3-4,6-7,10,18H,2,5,8-9,11-12H2,1H3. The van der Waals surface area contributed by atoms with Crippen LogP contribution in [0, 0.1) is 0 Å². The largest absolute Gasteiger partial charge is 0.361 e. The number of rotatable bonds is 5. The molecule has 1 aliphatic heterocycles. The van der Waals surface area contributed by atoms with Crippen LogP contribution in [0.1, 0.15) is 24.7 Å². The summed E-state index contributed by atoms with van der Waals surface area (Å²) in [5.41, 5.74) is 2.33. The number of fused-ring (bicyclic) bond motifs is 1. The predicted octanol–water partition coefficient (Wildman–Crippen LogP) is 3.06. The number of nitrogens with zero attached hydrogens (tertiary/aromatic N) is 3. The highest BCUT2D eigenvalue weighted by Gasteiger charge is 2.18. The van der Waals surface area contributed by atoms with Crippen LogP contribution in [-0.2, 0) is 19.6 Å². The number of halogens is 1. The van der Waals surface area contributed by atoms with Gasteiger partial charge in [-0.15, -0.1) is 0 Å². The van der Waals surface area contributed by atoms with Gasteiger partial charge in [0.15, 0.2) is 0 Å². The van der Waals surface area contributed by atoms with Gasteiger partial charge in [0.1, 0.15) is 5.82 Å². The van der Waals surface area contributed by atoms with Gasteiger partial charge in [-0.25, -0.2) is 4.98 Å². The molecule has 0 amide bonds. The molecule has 21 heavy (non-hydrogen) atoms. The highest BCUT2D eigenvalue weighted by molar-refractivity contribution is 6.33. The van der Waals surface area contributed by atoms with E-state index in [1.807, 2.05) is 12.4 Å². The van der Waals surface area contributed by atoms with E-state index in [1.165, 1.54) is 5.56 Å². The van der Waals surface area contributed by atoms with Crippen molar-refractivity contribution in [2.24, 2.45) is 0 Å². The summed E-state index contributed by atoms with van der Waals surface area (Å²) in [7, 11) is 0. The van der Waals surface area contributed by atoms with Crippen molar-refractivity contribution in [2.75, 3.05) is 18.0 Å². The maximum Gasteiger partial charge on any atom is 0.128 e. The molecule has 2 heterocycles. The molecule has 1 N–H and O–H groups in total. The summed E-state index contributed by atoms with van der Waals surface area (Å²) in [5.74, 6) is 1.10. The average Bonchev–Trinajstić information content (AvgIpc) is 2.95. The van der Waals surface area contributed by atoms with Gasteiger partial charge in [0.05, 0.1) is 17.3 Å². The van der Waals surface area contributed by atoms with Gasteiger partial charge in [-0.2, -0.15) is 0 Å². The minimum atomic E-state index is 0.820. The Balaban J connectivity index is 1.71. The fourth-order valence-corrected chi connectivity index (χ4v) is 3.03. The van der Waals surface area contributed by atoms with Gasteiger partial charge in [0.25, 0.3) is 0 Å². The molecule has 0 bridgehead atoms. The predicted molar refractivity (Wildman–Crippen MR) is 86.7 cm³/mol. The zero-order valence-electron chi connectivity index (χ0n) is 12.3. The molecule has 0 saturated heterocycles. The minimum Gasteiger partial charge on any atom is -0.361 e. The van der Waals surface area contributed by atoms with Crippen molar-refractivity contribution in [1.29, 1.82) is 0 Å². The first kappa shape index (κ1) is 14.4. The van der Waals surface area contributed by atoms with Gasteiger partial charge in [0.2, 0.25) is 0 Å². The first-order valence-corrected chi connectivity index (χ1v) is 7.90. The quantitative estimate of drug-likeness (QED) is 0.862. The molecule has 1 aromatic carbocycles. The van der Waals surface area contributed by atoms with Crippen LogP contribution >= 0.6 is 11.6 Å². The van der Waals surface area contributed by atoms with Gasteiger partial charge >= 0.3 is 0 Å². The summed E-state index contributed by atoms with van der Waals surface area (Å²) < 4.78 is 2.20. The lowest BCUT2D eigenvalue weighted by atomic mass is 10.1. The molecule has 112 valence electrons. The normalized spacial score (nSPS) is 14.3. The van der Waals surface area contributed by atoms with Crippen molar-refractivity contribution < 1.29 is 0 Å². The summed E-state index contributed by atoms with van der Waals surface area (Å²) in [5, 5.41) is 4.23. The third kappa shape index (κ3) is 3.22. The molecular weight excluding hydrogens is 284 g/mol. The van der Waals surface area contributed by atoms with Crippen molar-refractivity contribution in [2.45, 2.75) is 33.0 Å². The first-order valence-electron chi connectivity index (χ1n) is 7.52. The van der Waals surface area contributed by atoms with Crippen molar-refractivity contribution in [3.05, 3.63) is 47.0 Å². The highest BCUT2D eigenvalue weighted by atomic mass is 35.5. The summed E-state index contributed by atoms with van der Waals surface area (Å²) in [6, 6.07) is 6.36. The third-order valence-corrected chi connectivity index (χ3v) is 4.16. The van der Waals surface area contributed by atoms with Crippen molar-refractivity contribution >= 4 is 17.3 Å². The Bertz CT molecular complexity index is 608. The smallest absolute Gasteiger partial charge is 0.128 e. The van der Waals surface area contributed by atoms with Crippen LogP contribution in [0.25, 0.3) is 0 Å². The molecule has 5 heteroatoms. The molecule has 0 saturated carbocycles. The summed E-state index contributed by atoms with van der Waals surface area (Å²) in [6.07, 6.45) is 5.05. The Morgan fingerprint density at radius 3 is 3.05 bits per heavy atom. The number of benzene rings is 1. The number of nitrogens with one attached hydrogen (secondary N) is 1. The maximum atomic E-state index is 6.48. The van der Waals surface area contributed by atoms with Crippen LogP contribution in [-0.4, -0.2) is 22.6 Å². The van der Waals surface area contributed by atoms with Gasteiger partial charge in [0, 0.05) is 32.0 Å². The topological polar surface area (TPSA) is 33.1 Å². The zero-order chi connectivity index (χ0) is 14.7. The van der Waals surface area contributed by atoms with Crippen LogP contribution in [0.3, 0.4) is 0 Å². The number of hydrogen-bond donors (Lipinski definition) is 1. The Hall–Kier alpha value is -1.52. The zero-order valence-corrected chi connectivity index (χ0v) is 13.1. The molecule has 0 aliphatic carbocycles. The minimum absolute atomic E-state index is 0.820. The van der Waals surface area contributed by atoms with Crippen LogP contribution in [0.15, 0.2) is 30.6 Å². The monoisotopic (exact) mass is 304 g/mol. The third-order valence-electron chi connectivity index (χ3n) is 3.85. The van der Waals surface area contributed by atoms with E-state index in [2.05, 4.69) is 44.9 Å². The molecule has 4 nitrogen and oxygen atoms in total. The molecule has 0 unspecified atom stereocenters. The molecule has 1 aromatic heterocycles. The van der Waals surface area contributed by atoms with E-state index in [4.69, 9.17) is 11.6 Å². The Labute approximate surface area is 130 Å². The molecule has 2 aromatic rings. The van der Waals surface area contributed by atoms with Crippen molar-refractivity contribution in [1.82, 2.24) is 14.9 Å². The Morgan fingerprint density at radius 1 is 1.33 bits per heavy atom. The average molecular weight is 305 g/mol. The SMILES string of the molecule is CCCNCc1ccc(N2CCn3ccnc3C2)c(Cl)c1. The lowest BCUT2D eigenvalue weighted by Crippen LogP contribution is -2.33. The second-order valence-electron chi connectivity index (χ2n) is 5.42. The van der Waals surface area contributed by atoms with Crippen LogP contribution in [0.5, 0.6) is 0 Å². The summed E-state index contributed by atoms with van der Waals surface area (Å²) in [6.45, 7) is 6.83. The molecular formula is C16H21ClN4. The van der Waals surface area contributed by atoms with Crippen LogP contribution < -0.4 is 10.2 Å². The Morgan fingerprint density at radius 2 is 2.24 bits per heavy atom. The summed E-state index contributed by atoms with van der Waals surface area (Å²) in [4.78, 5) is 6.70. The molecule has 0 atom stereocenters. The lowest BCUT2D eigenvalue weighted by Gasteiger charge is -2.30. The van der Waals surface area contributed by atoms with Gasteiger partial charge in [-0.05, 0) is 30.7 Å². The number of anilines is 1. The highest BCUT2D eigenvalue weighted by Crippen LogP contribution is 2.29. The van der Waals surface area contributed by atoms with Crippen LogP contribution in [0.2, 0.25) is 5.02 Å². The fraction of sp³-hybridized carbons (Fsp3) is 0.438. The van der Waals surface area contributed by atoms with E-state index >= 15 is 0 Å². The second-order valence-corrected chi connectivity index (χ2v) is 5.83. The van der Waals surface area contributed by atoms with E-state index in [0.717, 1.165) is 55.7 Å². The van der Waals surface area contributed by atoms with Gasteiger partial charge in [-0.3, -0.25) is 0 Å². The first-order chi connectivity index (χ1) is 10.3. The van der Waals surface area contributed by atoms with Gasteiger partial charge in [-0.1, -0.05) is 24.6 Å². The number of imidazole rings is 1. The Kier molecular flexibility index (Phi) is 4.46. The van der Waals surface area contributed by atoms with Crippen LogP contribution in [0.4, 0.5) is 5.69 Å². The van der Waals surface area contributed by atoms with Crippen molar-refractivity contribution in [3.8, 4) is 0 Å². The van der Waals surface area contributed by atoms with Gasteiger partial charge < -0.3 is 14.8 Å². The molecule has 0 radical (unpaired) electrons. The summed E-state index contributed by atoms with van der Waals surface area (Å²) >= 11 is 6.48. The van der Waals surface area contributed by atoms with E-state index in [-0.39, 0.29) is 0 Å². The fourth-order valence-electron chi connectivity index (χ4n) is 2.71. The number of hydrogen-bond acceptors (Lipinski definition) is 3. The van der Waals surface area contributed by atoms with Crippen molar-refractivity contribution in [3.63, 3.8) is 0 Å². The molecule has 0 spiro atoms. The molecule has 3 rings (SSSR count). The lowest BCUT2D eigenvalue weighted by molar-refractivity contribution is 0.560. The maximum absolute atomic E-state index is 6.48. The van der Waals surface area contributed by atoms with E-state index < -0.39 is 0 Å². The molecule has 0 fully saturated rings. The van der Waals surface area contributed by atoms with E-state index in [0.29, 0.717) is 0 Å². The molecule has 1 aliphatic rings. The van der Waals surface area contributed by atoms with E-state index in [9.17, 15) is 0 Å². The van der Waals surface area contributed by atoms with E-state index in [1.54, 1.807) is 0 Å².